The maximum absolute atomic E-state index is 13.2. The summed E-state index contributed by atoms with van der Waals surface area (Å²) in [5, 5.41) is 2.79. The van der Waals surface area contributed by atoms with Crippen molar-refractivity contribution in [1.29, 1.82) is 0 Å². The number of hydrogen-bond donors (Lipinski definition) is 1. The van der Waals surface area contributed by atoms with Gasteiger partial charge >= 0.3 is 12.1 Å². The summed E-state index contributed by atoms with van der Waals surface area (Å²) in [7, 11) is 0. The van der Waals surface area contributed by atoms with Crippen molar-refractivity contribution < 1.29 is 28.7 Å². The van der Waals surface area contributed by atoms with Gasteiger partial charge in [0.1, 0.15) is 11.7 Å². The molecule has 0 aromatic heterocycles. The van der Waals surface area contributed by atoms with E-state index in [4.69, 9.17) is 9.47 Å². The van der Waals surface area contributed by atoms with Crippen LogP contribution in [0.15, 0.2) is 72.8 Å². The molecule has 8 nitrogen and oxygen atoms in total. The van der Waals surface area contributed by atoms with E-state index >= 15 is 0 Å². The summed E-state index contributed by atoms with van der Waals surface area (Å²) in [4.78, 5) is 51.7. The Morgan fingerprint density at radius 3 is 2.21 bits per heavy atom. The molecule has 3 amide bonds. The first-order valence-corrected chi connectivity index (χ1v) is 12.8. The van der Waals surface area contributed by atoms with Crippen LogP contribution in [0.25, 0.3) is 0 Å². The summed E-state index contributed by atoms with van der Waals surface area (Å²) in [6, 6.07) is 18.1. The second kappa shape index (κ2) is 13.0. The maximum Gasteiger partial charge on any atom is 0.408 e. The number of nitrogens with zero attached hydrogens (tertiary/aromatic N) is 1. The summed E-state index contributed by atoms with van der Waals surface area (Å²) in [5.74, 6) is -1.30. The highest BCUT2D eigenvalue weighted by Gasteiger charge is 2.35. The molecule has 0 spiro atoms. The van der Waals surface area contributed by atoms with Gasteiger partial charge in [0.2, 0.25) is 5.91 Å². The first kappa shape index (κ1) is 28.6. The van der Waals surface area contributed by atoms with Crippen LogP contribution < -0.4 is 5.32 Å². The van der Waals surface area contributed by atoms with Crippen LogP contribution in [0, 0.1) is 0 Å². The third kappa shape index (κ3) is 8.87. The number of hydrogen-bond acceptors (Lipinski definition) is 6. The standard InChI is InChI=1S/C30H36N2O6/c1-21(33)37-26(25(20-23-13-9-6-10-14-23)31-29(36)38-30(2,3)4)16-18-28(35)32-24(15-17-27(32)34)19-22-11-7-5-8-12-22/h5-14,16,18,24-26H,15,17,19-20H2,1-4H3,(H,31,36)/b18-16-/t24-,25+,26+/m1/s1. The molecule has 0 aliphatic carbocycles. The van der Waals surface area contributed by atoms with Crippen LogP contribution in [0.2, 0.25) is 0 Å². The van der Waals surface area contributed by atoms with E-state index in [0.717, 1.165) is 11.1 Å². The highest BCUT2D eigenvalue weighted by Crippen LogP contribution is 2.23. The third-order valence-electron chi connectivity index (χ3n) is 6.00. The van der Waals surface area contributed by atoms with Gasteiger partial charge in [-0.25, -0.2) is 4.79 Å². The maximum atomic E-state index is 13.2. The number of carbonyl (C=O) groups excluding carboxylic acids is 4. The Hall–Kier alpha value is -3.94. The molecule has 202 valence electrons. The average molecular weight is 521 g/mol. The molecular weight excluding hydrogens is 484 g/mol. The summed E-state index contributed by atoms with van der Waals surface area (Å²) in [6.07, 6.45) is 2.79. The van der Waals surface area contributed by atoms with Gasteiger partial charge in [0.05, 0.1) is 6.04 Å². The Balaban J connectivity index is 1.82. The molecule has 3 rings (SSSR count). The number of ether oxygens (including phenoxy) is 2. The van der Waals surface area contributed by atoms with Crippen LogP contribution in [0.4, 0.5) is 4.79 Å². The van der Waals surface area contributed by atoms with Crippen LogP contribution >= 0.6 is 0 Å². The van der Waals surface area contributed by atoms with Gasteiger partial charge in [-0.2, -0.15) is 0 Å². The number of amides is 3. The smallest absolute Gasteiger partial charge is 0.408 e. The average Bonchev–Trinajstić information content (AvgIpc) is 3.20. The van der Waals surface area contributed by atoms with Gasteiger partial charge in [0.25, 0.3) is 5.91 Å². The van der Waals surface area contributed by atoms with Gasteiger partial charge in [-0.1, -0.05) is 60.7 Å². The molecule has 1 N–H and O–H groups in total. The SMILES string of the molecule is CC(=O)O[C@@H](/C=C\C(=O)N1C(=O)CC[C@@H]1Cc1ccccc1)[C@H](Cc1ccccc1)NC(=O)OC(C)(C)C. The lowest BCUT2D eigenvalue weighted by molar-refractivity contribution is -0.146. The van der Waals surface area contributed by atoms with Crippen molar-refractivity contribution in [3.05, 3.63) is 83.9 Å². The van der Waals surface area contributed by atoms with Crippen molar-refractivity contribution in [3.63, 3.8) is 0 Å². The predicted octanol–water partition coefficient (Wildman–Crippen LogP) is 4.37. The van der Waals surface area contributed by atoms with Crippen LogP contribution in [-0.2, 0) is 36.7 Å². The van der Waals surface area contributed by atoms with Gasteiger partial charge < -0.3 is 14.8 Å². The molecule has 1 fully saturated rings. The Labute approximate surface area is 224 Å². The lowest BCUT2D eigenvalue weighted by Gasteiger charge is -2.28. The first-order chi connectivity index (χ1) is 18.0. The number of alkyl carbamates (subject to hydrolysis) is 1. The van der Waals surface area contributed by atoms with E-state index in [1.807, 2.05) is 60.7 Å². The fourth-order valence-electron chi connectivity index (χ4n) is 4.41. The molecule has 2 aromatic rings. The lowest BCUT2D eigenvalue weighted by atomic mass is 10.0. The van der Waals surface area contributed by atoms with E-state index < -0.39 is 35.7 Å². The van der Waals surface area contributed by atoms with Gasteiger partial charge in [0, 0.05) is 25.5 Å². The summed E-state index contributed by atoms with van der Waals surface area (Å²) in [6.45, 7) is 6.51. The number of nitrogens with one attached hydrogen (secondary N) is 1. The molecule has 38 heavy (non-hydrogen) atoms. The number of rotatable bonds is 9. The molecule has 2 aromatic carbocycles. The first-order valence-electron chi connectivity index (χ1n) is 12.8. The van der Waals surface area contributed by atoms with Crippen LogP contribution in [-0.4, -0.2) is 52.6 Å². The van der Waals surface area contributed by atoms with E-state index in [-0.39, 0.29) is 11.9 Å². The highest BCUT2D eigenvalue weighted by molar-refractivity contribution is 6.02. The zero-order valence-electron chi connectivity index (χ0n) is 22.4. The Kier molecular flexibility index (Phi) is 9.82. The second-order valence-corrected chi connectivity index (χ2v) is 10.4. The Bertz CT molecular complexity index is 1140. The fourth-order valence-corrected chi connectivity index (χ4v) is 4.41. The lowest BCUT2D eigenvalue weighted by Crippen LogP contribution is -2.47. The van der Waals surface area contributed by atoms with E-state index in [2.05, 4.69) is 5.32 Å². The molecular formula is C30H36N2O6. The van der Waals surface area contributed by atoms with Crippen molar-refractivity contribution in [2.75, 3.05) is 0 Å². The third-order valence-corrected chi connectivity index (χ3v) is 6.00. The van der Waals surface area contributed by atoms with Crippen molar-refractivity contribution in [3.8, 4) is 0 Å². The van der Waals surface area contributed by atoms with Crippen molar-refractivity contribution in [2.24, 2.45) is 0 Å². The van der Waals surface area contributed by atoms with Gasteiger partial charge in [-0.15, -0.1) is 0 Å². The number of likely N-dealkylation sites (tertiary alicyclic amines) is 1. The molecule has 0 unspecified atom stereocenters. The topological polar surface area (TPSA) is 102 Å². The molecule has 1 heterocycles. The van der Waals surface area contributed by atoms with Gasteiger partial charge in [0.15, 0.2) is 0 Å². The van der Waals surface area contributed by atoms with Gasteiger partial charge in [-0.3, -0.25) is 19.3 Å². The number of esters is 1. The molecule has 0 saturated carbocycles. The minimum absolute atomic E-state index is 0.239. The van der Waals surface area contributed by atoms with Crippen LogP contribution in [0.1, 0.15) is 51.7 Å². The monoisotopic (exact) mass is 520 g/mol. The summed E-state index contributed by atoms with van der Waals surface area (Å²) < 4.78 is 10.9. The second-order valence-electron chi connectivity index (χ2n) is 10.4. The number of imide groups is 1. The van der Waals surface area contributed by atoms with Crippen molar-refractivity contribution in [1.82, 2.24) is 10.2 Å². The largest absolute Gasteiger partial charge is 0.456 e. The molecule has 0 radical (unpaired) electrons. The summed E-state index contributed by atoms with van der Waals surface area (Å²) >= 11 is 0. The quantitative estimate of drug-likeness (QED) is 0.389. The number of benzene rings is 2. The zero-order chi connectivity index (χ0) is 27.7. The molecule has 1 aliphatic heterocycles. The van der Waals surface area contributed by atoms with E-state index in [1.54, 1.807) is 20.8 Å². The molecule has 0 bridgehead atoms. The van der Waals surface area contributed by atoms with E-state index in [9.17, 15) is 19.2 Å². The fraction of sp³-hybridized carbons (Fsp3) is 0.400. The van der Waals surface area contributed by atoms with Crippen molar-refractivity contribution in [2.45, 2.75) is 77.2 Å². The minimum Gasteiger partial charge on any atom is -0.456 e. The minimum atomic E-state index is -0.977. The highest BCUT2D eigenvalue weighted by atomic mass is 16.6. The van der Waals surface area contributed by atoms with Crippen molar-refractivity contribution >= 4 is 23.9 Å². The van der Waals surface area contributed by atoms with E-state index in [0.29, 0.717) is 25.7 Å². The molecule has 1 aliphatic rings. The predicted molar refractivity (Wildman–Crippen MR) is 143 cm³/mol. The van der Waals surface area contributed by atoms with Crippen LogP contribution in [0.5, 0.6) is 0 Å². The summed E-state index contributed by atoms with van der Waals surface area (Å²) in [5.41, 5.74) is 1.20. The van der Waals surface area contributed by atoms with E-state index in [1.165, 1.54) is 24.0 Å². The molecule has 3 atom stereocenters. The van der Waals surface area contributed by atoms with Crippen LogP contribution in [0.3, 0.4) is 0 Å². The number of carbonyl (C=O) groups is 4. The molecule has 1 saturated heterocycles. The zero-order valence-corrected chi connectivity index (χ0v) is 22.4. The molecule has 8 heteroatoms. The normalized spacial score (nSPS) is 17.2. The Morgan fingerprint density at radius 1 is 1.03 bits per heavy atom. The van der Waals surface area contributed by atoms with Gasteiger partial charge in [-0.05, 0) is 57.2 Å². The Morgan fingerprint density at radius 2 is 1.63 bits per heavy atom.